The van der Waals surface area contributed by atoms with Gasteiger partial charge in [0.25, 0.3) is 11.8 Å². The number of hydrogen-bond donors (Lipinski definition) is 1. The van der Waals surface area contributed by atoms with Crippen LogP contribution in [0.25, 0.3) is 5.57 Å². The number of nitrogens with zero attached hydrogens (tertiary/aromatic N) is 1. The van der Waals surface area contributed by atoms with Gasteiger partial charge in [-0.2, -0.15) is 0 Å². The number of hydrogen-bond acceptors (Lipinski definition) is 5. The Bertz CT molecular complexity index is 895. The normalized spacial score (nSPS) is 14.3. The zero-order chi connectivity index (χ0) is 19.4. The standard InChI is InChI=1S/C20H18ClNO4S/c1-2-26-16-8-6-13(7-9-16)17-18(27-11-10-23)20(25)22(19(17)24)15-5-3-4-14(21)12-15/h3-9,12,23H,2,10-11H2,1H3. The van der Waals surface area contributed by atoms with E-state index in [2.05, 4.69) is 0 Å². The molecule has 5 nitrogen and oxygen atoms in total. The number of aliphatic hydroxyl groups is 1. The first-order chi connectivity index (χ1) is 13.1. The number of benzene rings is 2. The number of anilines is 1. The van der Waals surface area contributed by atoms with Crippen molar-refractivity contribution in [3.63, 3.8) is 0 Å². The maximum absolute atomic E-state index is 13.1. The van der Waals surface area contributed by atoms with Gasteiger partial charge in [0.15, 0.2) is 0 Å². The summed E-state index contributed by atoms with van der Waals surface area (Å²) in [5.41, 5.74) is 1.36. The lowest BCUT2D eigenvalue weighted by molar-refractivity contribution is -0.119. The van der Waals surface area contributed by atoms with Crippen LogP contribution < -0.4 is 9.64 Å². The molecule has 0 spiro atoms. The van der Waals surface area contributed by atoms with Crippen LogP contribution in [0.15, 0.2) is 53.4 Å². The molecule has 0 aromatic heterocycles. The molecule has 0 saturated heterocycles. The lowest BCUT2D eigenvalue weighted by Gasteiger charge is -2.15. The summed E-state index contributed by atoms with van der Waals surface area (Å²) in [5, 5.41) is 9.60. The van der Waals surface area contributed by atoms with E-state index in [9.17, 15) is 9.59 Å². The Morgan fingerprint density at radius 3 is 2.48 bits per heavy atom. The third-order valence-corrected chi connectivity index (χ3v) is 5.19. The molecule has 1 aliphatic heterocycles. The maximum Gasteiger partial charge on any atom is 0.272 e. The first-order valence-corrected chi connectivity index (χ1v) is 9.78. The summed E-state index contributed by atoms with van der Waals surface area (Å²) in [5.74, 6) is 0.185. The zero-order valence-electron chi connectivity index (χ0n) is 14.6. The molecule has 0 fully saturated rings. The predicted octanol–water partition coefficient (Wildman–Crippen LogP) is 3.75. The predicted molar refractivity (Wildman–Crippen MR) is 108 cm³/mol. The fourth-order valence-electron chi connectivity index (χ4n) is 2.78. The monoisotopic (exact) mass is 403 g/mol. The van der Waals surface area contributed by atoms with E-state index < -0.39 is 11.8 Å². The molecule has 2 amide bonds. The Morgan fingerprint density at radius 1 is 1.11 bits per heavy atom. The zero-order valence-corrected chi connectivity index (χ0v) is 16.2. The average Bonchev–Trinajstić information content (AvgIpc) is 2.91. The molecule has 0 unspecified atom stereocenters. The minimum atomic E-state index is -0.412. The average molecular weight is 404 g/mol. The number of amides is 2. The second kappa shape index (κ2) is 8.61. The van der Waals surface area contributed by atoms with Gasteiger partial charge in [0.2, 0.25) is 0 Å². The smallest absolute Gasteiger partial charge is 0.272 e. The Hall–Kier alpha value is -2.28. The van der Waals surface area contributed by atoms with Crippen LogP contribution in [-0.2, 0) is 9.59 Å². The van der Waals surface area contributed by atoms with Gasteiger partial charge < -0.3 is 9.84 Å². The minimum absolute atomic E-state index is 0.0939. The molecule has 1 heterocycles. The highest BCUT2D eigenvalue weighted by atomic mass is 35.5. The van der Waals surface area contributed by atoms with E-state index in [-0.39, 0.29) is 6.61 Å². The number of halogens is 1. The van der Waals surface area contributed by atoms with Crippen LogP contribution in [0, 0.1) is 0 Å². The van der Waals surface area contributed by atoms with Crippen LogP contribution in [0.1, 0.15) is 12.5 Å². The van der Waals surface area contributed by atoms with E-state index in [1.54, 1.807) is 48.5 Å². The van der Waals surface area contributed by atoms with Gasteiger partial charge in [0.05, 0.1) is 29.4 Å². The summed E-state index contributed by atoms with van der Waals surface area (Å²) in [7, 11) is 0. The van der Waals surface area contributed by atoms with E-state index >= 15 is 0 Å². The molecule has 0 aliphatic carbocycles. The molecule has 1 aliphatic rings. The molecule has 2 aromatic carbocycles. The van der Waals surface area contributed by atoms with Gasteiger partial charge in [-0.05, 0) is 42.8 Å². The van der Waals surface area contributed by atoms with Gasteiger partial charge in [0.1, 0.15) is 5.75 Å². The summed E-state index contributed by atoms with van der Waals surface area (Å²) in [6, 6.07) is 13.6. The molecule has 27 heavy (non-hydrogen) atoms. The summed E-state index contributed by atoms with van der Waals surface area (Å²) in [6.07, 6.45) is 0. The molecule has 0 saturated carbocycles. The SMILES string of the molecule is CCOc1ccc(C2=C(SCCO)C(=O)N(c3cccc(Cl)c3)C2=O)cc1. The topological polar surface area (TPSA) is 66.8 Å². The van der Waals surface area contributed by atoms with Gasteiger partial charge in [0, 0.05) is 10.8 Å². The van der Waals surface area contributed by atoms with Gasteiger partial charge in [-0.3, -0.25) is 9.59 Å². The lowest BCUT2D eigenvalue weighted by atomic mass is 10.1. The molecule has 3 rings (SSSR count). The maximum atomic E-state index is 13.1. The molecule has 0 atom stereocenters. The largest absolute Gasteiger partial charge is 0.494 e. The van der Waals surface area contributed by atoms with Crippen molar-refractivity contribution < 1.29 is 19.4 Å². The van der Waals surface area contributed by atoms with E-state index in [1.807, 2.05) is 6.92 Å². The quantitative estimate of drug-likeness (QED) is 0.713. The van der Waals surface area contributed by atoms with Crippen molar-refractivity contribution in [2.24, 2.45) is 0 Å². The molecule has 140 valence electrons. The van der Waals surface area contributed by atoms with E-state index in [1.165, 1.54) is 11.8 Å². The van der Waals surface area contributed by atoms with Crippen LogP contribution in [-0.4, -0.2) is 35.9 Å². The third kappa shape index (κ3) is 4.03. The number of ether oxygens (including phenoxy) is 1. The first-order valence-electron chi connectivity index (χ1n) is 8.42. The fourth-order valence-corrected chi connectivity index (χ4v) is 3.82. The van der Waals surface area contributed by atoms with Crippen molar-refractivity contribution >= 4 is 46.4 Å². The van der Waals surface area contributed by atoms with Crippen molar-refractivity contribution in [3.05, 3.63) is 64.0 Å². The number of imide groups is 1. The van der Waals surface area contributed by atoms with Crippen molar-refractivity contribution in [1.82, 2.24) is 0 Å². The Morgan fingerprint density at radius 2 is 1.85 bits per heavy atom. The molecule has 0 bridgehead atoms. The van der Waals surface area contributed by atoms with Crippen LogP contribution in [0.5, 0.6) is 5.75 Å². The van der Waals surface area contributed by atoms with Gasteiger partial charge in [-0.15, -0.1) is 11.8 Å². The summed E-state index contributed by atoms with van der Waals surface area (Å²) >= 11 is 7.19. The van der Waals surface area contributed by atoms with Gasteiger partial charge in [-0.25, -0.2) is 4.90 Å². The van der Waals surface area contributed by atoms with Crippen LogP contribution in [0.4, 0.5) is 5.69 Å². The number of thioether (sulfide) groups is 1. The number of carbonyl (C=O) groups is 2. The van der Waals surface area contributed by atoms with Gasteiger partial charge in [-0.1, -0.05) is 29.8 Å². The number of carbonyl (C=O) groups excluding carboxylic acids is 2. The minimum Gasteiger partial charge on any atom is -0.494 e. The summed E-state index contributed by atoms with van der Waals surface area (Å²) in [4.78, 5) is 27.5. The summed E-state index contributed by atoms with van der Waals surface area (Å²) in [6.45, 7) is 2.34. The highest BCUT2D eigenvalue weighted by Crippen LogP contribution is 2.39. The van der Waals surface area contributed by atoms with Crippen LogP contribution in [0.3, 0.4) is 0 Å². The van der Waals surface area contributed by atoms with Crippen molar-refractivity contribution in [3.8, 4) is 5.75 Å². The molecule has 7 heteroatoms. The highest BCUT2D eigenvalue weighted by molar-refractivity contribution is 8.04. The third-order valence-electron chi connectivity index (χ3n) is 3.90. The van der Waals surface area contributed by atoms with Gasteiger partial charge >= 0.3 is 0 Å². The Kier molecular flexibility index (Phi) is 6.21. The summed E-state index contributed by atoms with van der Waals surface area (Å²) < 4.78 is 5.44. The molecular formula is C20H18ClNO4S. The molecule has 1 N–H and O–H groups in total. The van der Waals surface area contributed by atoms with E-state index in [0.29, 0.717) is 44.9 Å². The van der Waals surface area contributed by atoms with E-state index in [4.69, 9.17) is 21.4 Å². The molecule has 0 radical (unpaired) electrons. The van der Waals surface area contributed by atoms with Crippen molar-refractivity contribution in [2.75, 3.05) is 23.9 Å². The number of aliphatic hydroxyl groups excluding tert-OH is 1. The Balaban J connectivity index is 2.02. The Labute approximate surface area is 166 Å². The second-order valence-electron chi connectivity index (χ2n) is 5.66. The van der Waals surface area contributed by atoms with Crippen molar-refractivity contribution in [2.45, 2.75) is 6.92 Å². The fraction of sp³-hybridized carbons (Fsp3) is 0.200. The van der Waals surface area contributed by atoms with Crippen molar-refractivity contribution in [1.29, 1.82) is 0 Å². The first kappa shape index (κ1) is 19.5. The number of rotatable bonds is 7. The van der Waals surface area contributed by atoms with Crippen LogP contribution >= 0.6 is 23.4 Å². The highest BCUT2D eigenvalue weighted by Gasteiger charge is 2.40. The lowest BCUT2D eigenvalue weighted by Crippen LogP contribution is -2.31. The molecular weight excluding hydrogens is 386 g/mol. The molecule has 2 aromatic rings. The van der Waals surface area contributed by atoms with E-state index in [0.717, 1.165) is 4.90 Å². The van der Waals surface area contributed by atoms with Crippen LogP contribution in [0.2, 0.25) is 5.02 Å². The second-order valence-corrected chi connectivity index (χ2v) is 7.20.